The van der Waals surface area contributed by atoms with Crippen molar-refractivity contribution in [2.45, 2.75) is 25.7 Å². The molecule has 0 spiro atoms. The van der Waals surface area contributed by atoms with Crippen molar-refractivity contribution >= 4 is 5.82 Å². The first-order valence-corrected chi connectivity index (χ1v) is 4.63. The molecule has 3 nitrogen and oxygen atoms in total. The van der Waals surface area contributed by atoms with Gasteiger partial charge in [0, 0.05) is 13.0 Å². The summed E-state index contributed by atoms with van der Waals surface area (Å²) in [4.78, 5) is 0. The number of aryl methyl sites for hydroxylation is 1. The van der Waals surface area contributed by atoms with E-state index in [0.717, 1.165) is 12.8 Å². The van der Waals surface area contributed by atoms with Gasteiger partial charge in [-0.15, -0.1) is 0 Å². The van der Waals surface area contributed by atoms with E-state index in [0.29, 0.717) is 17.5 Å². The summed E-state index contributed by atoms with van der Waals surface area (Å²) in [6.45, 7) is 2.12. The molecule has 0 saturated heterocycles. The Morgan fingerprint density at radius 3 is 2.77 bits per heavy atom. The quantitative estimate of drug-likeness (QED) is 0.757. The predicted octanol–water partition coefficient (Wildman–Crippen LogP) is 1.65. The molecule has 0 aliphatic heterocycles. The van der Waals surface area contributed by atoms with E-state index in [4.69, 9.17) is 5.73 Å². The minimum atomic E-state index is -0.316. The molecule has 4 heteroatoms. The molecule has 2 N–H and O–H groups in total. The van der Waals surface area contributed by atoms with Gasteiger partial charge in [-0.2, -0.15) is 5.10 Å². The first-order chi connectivity index (χ1) is 6.15. The van der Waals surface area contributed by atoms with Gasteiger partial charge in [0.25, 0.3) is 0 Å². The van der Waals surface area contributed by atoms with Crippen LogP contribution in [0.15, 0.2) is 0 Å². The second-order valence-electron chi connectivity index (χ2n) is 3.72. The Balaban J connectivity index is 2.27. The Hall–Kier alpha value is -1.06. The molecule has 1 fully saturated rings. The third-order valence-corrected chi connectivity index (χ3v) is 2.85. The van der Waals surface area contributed by atoms with Crippen molar-refractivity contribution < 1.29 is 4.39 Å². The number of halogens is 1. The SMILES string of the molecule is CC[C@@H]1C[C@H]1c1nn(C)c(N)c1F. The average molecular weight is 183 g/mol. The molecule has 72 valence electrons. The van der Waals surface area contributed by atoms with Crippen LogP contribution in [0.4, 0.5) is 10.2 Å². The van der Waals surface area contributed by atoms with Crippen LogP contribution in [-0.4, -0.2) is 9.78 Å². The van der Waals surface area contributed by atoms with E-state index in [1.165, 1.54) is 4.68 Å². The van der Waals surface area contributed by atoms with E-state index >= 15 is 0 Å². The van der Waals surface area contributed by atoms with E-state index in [-0.39, 0.29) is 11.6 Å². The summed E-state index contributed by atoms with van der Waals surface area (Å²) in [5.74, 6) is 0.762. The van der Waals surface area contributed by atoms with Crippen molar-refractivity contribution in [3.63, 3.8) is 0 Å². The molecule has 1 aromatic rings. The summed E-state index contributed by atoms with van der Waals surface area (Å²) >= 11 is 0. The van der Waals surface area contributed by atoms with Crippen LogP contribution in [0.2, 0.25) is 0 Å². The molecule has 0 bridgehead atoms. The molecular weight excluding hydrogens is 169 g/mol. The number of aromatic nitrogens is 2. The van der Waals surface area contributed by atoms with Crippen LogP contribution in [0.5, 0.6) is 0 Å². The van der Waals surface area contributed by atoms with Gasteiger partial charge in [-0.05, 0) is 12.3 Å². The van der Waals surface area contributed by atoms with Crippen LogP contribution in [0.1, 0.15) is 31.4 Å². The number of nitrogen functional groups attached to an aromatic ring is 1. The van der Waals surface area contributed by atoms with E-state index in [1.54, 1.807) is 7.05 Å². The van der Waals surface area contributed by atoms with E-state index in [9.17, 15) is 4.39 Å². The zero-order valence-electron chi connectivity index (χ0n) is 7.92. The molecule has 0 aromatic carbocycles. The van der Waals surface area contributed by atoms with Gasteiger partial charge in [0.1, 0.15) is 5.69 Å². The molecule has 2 rings (SSSR count). The fraction of sp³-hybridized carbons (Fsp3) is 0.667. The van der Waals surface area contributed by atoms with Crippen LogP contribution in [0, 0.1) is 11.7 Å². The first-order valence-electron chi connectivity index (χ1n) is 4.63. The Bertz CT molecular complexity index is 332. The normalized spacial score (nSPS) is 26.4. The zero-order chi connectivity index (χ0) is 9.59. The molecule has 1 aromatic heterocycles. The standard InChI is InChI=1S/C9H14FN3/c1-3-5-4-6(5)8-7(10)9(11)13(2)12-8/h5-6H,3-4,11H2,1-2H3/t5-,6-/m1/s1. The average Bonchev–Trinajstić information content (AvgIpc) is 2.85. The molecule has 0 unspecified atom stereocenters. The highest BCUT2D eigenvalue weighted by atomic mass is 19.1. The largest absolute Gasteiger partial charge is 0.381 e. The molecule has 1 aliphatic carbocycles. The number of hydrogen-bond acceptors (Lipinski definition) is 2. The lowest BCUT2D eigenvalue weighted by Gasteiger charge is -1.91. The van der Waals surface area contributed by atoms with Crippen molar-refractivity contribution in [2.75, 3.05) is 5.73 Å². The summed E-state index contributed by atoms with van der Waals surface area (Å²) in [7, 11) is 1.67. The van der Waals surface area contributed by atoms with Gasteiger partial charge in [-0.25, -0.2) is 4.39 Å². The minimum absolute atomic E-state index is 0.150. The van der Waals surface area contributed by atoms with Crippen molar-refractivity contribution in [1.82, 2.24) is 9.78 Å². The fourth-order valence-electron chi connectivity index (χ4n) is 1.80. The van der Waals surface area contributed by atoms with Gasteiger partial charge in [0.15, 0.2) is 11.6 Å². The third-order valence-electron chi connectivity index (χ3n) is 2.85. The molecule has 1 aliphatic rings. The van der Waals surface area contributed by atoms with Gasteiger partial charge in [0.05, 0.1) is 0 Å². The zero-order valence-corrected chi connectivity index (χ0v) is 7.92. The Morgan fingerprint density at radius 1 is 1.69 bits per heavy atom. The van der Waals surface area contributed by atoms with Crippen LogP contribution in [0.25, 0.3) is 0 Å². The monoisotopic (exact) mass is 183 g/mol. The van der Waals surface area contributed by atoms with Gasteiger partial charge >= 0.3 is 0 Å². The molecule has 13 heavy (non-hydrogen) atoms. The lowest BCUT2D eigenvalue weighted by molar-refractivity contribution is 0.607. The molecule has 0 radical (unpaired) electrons. The smallest absolute Gasteiger partial charge is 0.188 e. The maximum absolute atomic E-state index is 13.4. The molecule has 1 heterocycles. The minimum Gasteiger partial charge on any atom is -0.381 e. The fourth-order valence-corrected chi connectivity index (χ4v) is 1.80. The van der Waals surface area contributed by atoms with Crippen molar-refractivity contribution in [2.24, 2.45) is 13.0 Å². The van der Waals surface area contributed by atoms with Crippen molar-refractivity contribution in [3.05, 3.63) is 11.5 Å². The lowest BCUT2D eigenvalue weighted by atomic mass is 10.2. The molecular formula is C9H14FN3. The number of rotatable bonds is 2. The summed E-state index contributed by atoms with van der Waals surface area (Å²) in [5.41, 5.74) is 6.04. The maximum Gasteiger partial charge on any atom is 0.188 e. The number of nitrogens with two attached hydrogens (primary N) is 1. The van der Waals surface area contributed by atoms with Crippen LogP contribution in [0.3, 0.4) is 0 Å². The highest BCUT2D eigenvalue weighted by molar-refractivity contribution is 5.36. The van der Waals surface area contributed by atoms with E-state index in [2.05, 4.69) is 12.0 Å². The van der Waals surface area contributed by atoms with Gasteiger partial charge in [-0.1, -0.05) is 13.3 Å². The summed E-state index contributed by atoms with van der Waals surface area (Å²) < 4.78 is 14.8. The molecule has 1 saturated carbocycles. The van der Waals surface area contributed by atoms with Crippen LogP contribution < -0.4 is 5.73 Å². The Morgan fingerprint density at radius 2 is 2.38 bits per heavy atom. The first kappa shape index (κ1) is 8.53. The maximum atomic E-state index is 13.4. The third kappa shape index (κ3) is 1.20. The lowest BCUT2D eigenvalue weighted by Crippen LogP contribution is -1.97. The summed E-state index contributed by atoms with van der Waals surface area (Å²) in [6, 6.07) is 0. The van der Waals surface area contributed by atoms with Crippen LogP contribution >= 0.6 is 0 Å². The summed E-state index contributed by atoms with van der Waals surface area (Å²) in [6.07, 6.45) is 2.16. The van der Waals surface area contributed by atoms with Gasteiger partial charge < -0.3 is 5.73 Å². The van der Waals surface area contributed by atoms with Crippen molar-refractivity contribution in [1.29, 1.82) is 0 Å². The van der Waals surface area contributed by atoms with E-state index < -0.39 is 0 Å². The molecule has 2 atom stereocenters. The highest BCUT2D eigenvalue weighted by Gasteiger charge is 2.41. The Labute approximate surface area is 76.7 Å². The summed E-state index contributed by atoms with van der Waals surface area (Å²) in [5, 5.41) is 4.09. The highest BCUT2D eigenvalue weighted by Crippen LogP contribution is 2.49. The topological polar surface area (TPSA) is 43.8 Å². The van der Waals surface area contributed by atoms with Gasteiger partial charge in [-0.3, -0.25) is 4.68 Å². The Kier molecular flexibility index (Phi) is 1.78. The predicted molar refractivity (Wildman–Crippen MR) is 48.7 cm³/mol. The second kappa shape index (κ2) is 2.72. The van der Waals surface area contributed by atoms with Crippen LogP contribution in [-0.2, 0) is 7.05 Å². The van der Waals surface area contributed by atoms with Gasteiger partial charge in [0.2, 0.25) is 0 Å². The number of hydrogen-bond donors (Lipinski definition) is 1. The number of anilines is 1. The van der Waals surface area contributed by atoms with E-state index in [1.807, 2.05) is 0 Å². The number of nitrogens with zero attached hydrogens (tertiary/aromatic N) is 2. The second-order valence-corrected chi connectivity index (χ2v) is 3.72. The molecule has 0 amide bonds. The van der Waals surface area contributed by atoms with Crippen molar-refractivity contribution in [3.8, 4) is 0 Å².